The second-order valence-corrected chi connectivity index (χ2v) is 7.15. The Bertz CT molecular complexity index is 649. The molecule has 0 bridgehead atoms. The zero-order valence-electron chi connectivity index (χ0n) is 12.7. The van der Waals surface area contributed by atoms with Crippen molar-refractivity contribution in [1.29, 1.82) is 0 Å². The van der Waals surface area contributed by atoms with E-state index in [0.717, 1.165) is 41.1 Å². The molecule has 5 heteroatoms. The molecule has 0 amide bonds. The van der Waals surface area contributed by atoms with E-state index >= 15 is 0 Å². The van der Waals surface area contributed by atoms with Gasteiger partial charge in [-0.2, -0.15) is 5.06 Å². The van der Waals surface area contributed by atoms with E-state index in [-0.39, 0.29) is 0 Å². The zero-order valence-corrected chi connectivity index (χ0v) is 13.6. The lowest BCUT2D eigenvalue weighted by Gasteiger charge is -2.11. The Morgan fingerprint density at radius 3 is 3.05 bits per heavy atom. The molecule has 0 saturated heterocycles. The molecule has 2 aliphatic heterocycles. The first-order valence-corrected chi connectivity index (χ1v) is 8.80. The lowest BCUT2D eigenvalue weighted by Crippen LogP contribution is -2.13. The quantitative estimate of drug-likeness (QED) is 0.670. The van der Waals surface area contributed by atoms with E-state index in [9.17, 15) is 4.21 Å². The first-order chi connectivity index (χ1) is 10.6. The lowest BCUT2D eigenvalue weighted by atomic mass is 10.0. The van der Waals surface area contributed by atoms with Crippen LogP contribution in [0.3, 0.4) is 0 Å². The van der Waals surface area contributed by atoms with Crippen LogP contribution >= 0.6 is 0 Å². The molecular formula is C17H21NO3S. The van der Waals surface area contributed by atoms with Crippen LogP contribution in [0, 0.1) is 0 Å². The van der Waals surface area contributed by atoms with Gasteiger partial charge in [-0.3, -0.25) is 0 Å². The van der Waals surface area contributed by atoms with Crippen molar-refractivity contribution >= 4 is 10.8 Å². The van der Waals surface area contributed by atoms with Gasteiger partial charge in [0.1, 0.15) is 12.4 Å². The van der Waals surface area contributed by atoms with Crippen molar-refractivity contribution in [2.45, 2.75) is 25.7 Å². The van der Waals surface area contributed by atoms with E-state index in [1.165, 1.54) is 10.6 Å². The molecule has 0 fully saturated rings. The summed E-state index contributed by atoms with van der Waals surface area (Å²) in [6.07, 6.45) is 5.60. The fourth-order valence-electron chi connectivity index (χ4n) is 2.83. The van der Waals surface area contributed by atoms with Crippen LogP contribution in [0.2, 0.25) is 0 Å². The summed E-state index contributed by atoms with van der Waals surface area (Å²) >= 11 is 0. The summed E-state index contributed by atoms with van der Waals surface area (Å²) in [7, 11) is 0.677. The highest BCUT2D eigenvalue weighted by Gasteiger charge is 2.22. The van der Waals surface area contributed by atoms with Gasteiger partial charge >= 0.3 is 0 Å². The first kappa shape index (κ1) is 15.5. The molecule has 2 aliphatic rings. The summed E-state index contributed by atoms with van der Waals surface area (Å²) in [5.41, 5.74) is 3.45. The third-order valence-corrected chi connectivity index (χ3v) is 5.33. The number of hydrogen-bond acceptors (Lipinski definition) is 4. The molecule has 3 rings (SSSR count). The lowest BCUT2D eigenvalue weighted by molar-refractivity contribution is -0.0654. The van der Waals surface area contributed by atoms with Gasteiger partial charge in [0.05, 0.1) is 10.8 Å². The number of rotatable bonds is 5. The van der Waals surface area contributed by atoms with Gasteiger partial charge in [-0.1, -0.05) is 12.1 Å². The Labute approximate surface area is 133 Å². The fourth-order valence-corrected chi connectivity index (χ4v) is 3.96. The Kier molecular flexibility index (Phi) is 4.76. The predicted molar refractivity (Wildman–Crippen MR) is 87.3 cm³/mol. The molecule has 0 aliphatic carbocycles. The van der Waals surface area contributed by atoms with Gasteiger partial charge in [0.25, 0.3) is 0 Å². The van der Waals surface area contributed by atoms with Gasteiger partial charge < -0.3 is 9.94 Å². The van der Waals surface area contributed by atoms with Crippen LogP contribution in [0.25, 0.3) is 0 Å². The van der Waals surface area contributed by atoms with Crippen LogP contribution in [-0.4, -0.2) is 34.7 Å². The molecule has 0 radical (unpaired) electrons. The maximum Gasteiger partial charge on any atom is 0.123 e. The SMILES string of the molecule is CN(O)CCCCc1ccc2c(c1)CC1=C(C=CS1=O)CO2. The monoisotopic (exact) mass is 319 g/mol. The molecule has 0 saturated carbocycles. The molecule has 1 aromatic carbocycles. The molecule has 4 nitrogen and oxygen atoms in total. The third kappa shape index (κ3) is 3.48. The van der Waals surface area contributed by atoms with Crippen LogP contribution in [0.15, 0.2) is 40.2 Å². The molecule has 0 aromatic heterocycles. The number of benzene rings is 1. The highest BCUT2D eigenvalue weighted by atomic mass is 32.2. The van der Waals surface area contributed by atoms with E-state index in [1.54, 1.807) is 12.5 Å². The van der Waals surface area contributed by atoms with Gasteiger partial charge in [-0.25, -0.2) is 4.21 Å². The molecule has 118 valence electrons. The van der Waals surface area contributed by atoms with E-state index in [4.69, 9.17) is 9.94 Å². The molecule has 0 spiro atoms. The number of nitrogens with zero attached hydrogens (tertiary/aromatic N) is 1. The van der Waals surface area contributed by atoms with Gasteiger partial charge in [0.2, 0.25) is 0 Å². The van der Waals surface area contributed by atoms with E-state index in [2.05, 4.69) is 12.1 Å². The molecule has 22 heavy (non-hydrogen) atoms. The normalized spacial score (nSPS) is 19.9. The number of fused-ring (bicyclic) bond motifs is 1. The van der Waals surface area contributed by atoms with Crippen LogP contribution in [0.4, 0.5) is 0 Å². The maximum absolute atomic E-state index is 12.0. The number of hydroxylamine groups is 2. The number of aryl methyl sites for hydroxylation is 1. The van der Waals surface area contributed by atoms with Gasteiger partial charge in [-0.05, 0) is 42.5 Å². The second-order valence-electron chi connectivity index (χ2n) is 5.79. The zero-order chi connectivity index (χ0) is 15.5. The highest BCUT2D eigenvalue weighted by Crippen LogP contribution is 2.32. The second kappa shape index (κ2) is 6.77. The predicted octanol–water partition coefficient (Wildman–Crippen LogP) is 2.80. The van der Waals surface area contributed by atoms with Gasteiger partial charge in [0, 0.05) is 35.9 Å². The summed E-state index contributed by atoms with van der Waals surface area (Å²) < 4.78 is 17.9. The minimum absolute atomic E-state index is 0.507. The summed E-state index contributed by atoms with van der Waals surface area (Å²) in [4.78, 5) is 0.984. The van der Waals surface area contributed by atoms with Crippen molar-refractivity contribution in [1.82, 2.24) is 5.06 Å². The molecule has 1 atom stereocenters. The summed E-state index contributed by atoms with van der Waals surface area (Å²) in [5.74, 6) is 0.902. The van der Waals surface area contributed by atoms with Crippen molar-refractivity contribution in [3.05, 3.63) is 51.3 Å². The molecule has 2 heterocycles. The fraction of sp³-hybridized carbons (Fsp3) is 0.412. The van der Waals surface area contributed by atoms with Crippen molar-refractivity contribution in [2.75, 3.05) is 20.2 Å². The molecule has 1 N–H and O–H groups in total. The minimum atomic E-state index is -0.991. The highest BCUT2D eigenvalue weighted by molar-refractivity contribution is 7.92. The van der Waals surface area contributed by atoms with Crippen molar-refractivity contribution in [3.63, 3.8) is 0 Å². The van der Waals surface area contributed by atoms with E-state index in [0.29, 0.717) is 19.6 Å². The Morgan fingerprint density at radius 2 is 2.23 bits per heavy atom. The van der Waals surface area contributed by atoms with Crippen LogP contribution in [-0.2, 0) is 23.6 Å². The van der Waals surface area contributed by atoms with Crippen LogP contribution < -0.4 is 4.74 Å². The largest absolute Gasteiger partial charge is 0.489 e. The van der Waals surface area contributed by atoms with Gasteiger partial charge in [-0.15, -0.1) is 0 Å². The topological polar surface area (TPSA) is 49.8 Å². The van der Waals surface area contributed by atoms with Crippen molar-refractivity contribution < 1.29 is 14.2 Å². The summed E-state index contributed by atoms with van der Waals surface area (Å²) in [5, 5.41) is 12.1. The standard InChI is InChI=1S/C17H21NO3S/c1-18(19)8-3-2-4-13-5-6-16-15(10-13)11-17-14(12-21-16)7-9-22(17)20/h5-7,9-10,19H,2-4,8,11-12H2,1H3. The van der Waals surface area contributed by atoms with E-state index in [1.807, 2.05) is 12.1 Å². The summed E-state index contributed by atoms with van der Waals surface area (Å²) in [6.45, 7) is 1.20. The number of hydrogen-bond donors (Lipinski definition) is 1. The minimum Gasteiger partial charge on any atom is -0.489 e. The smallest absolute Gasteiger partial charge is 0.123 e. The van der Waals surface area contributed by atoms with Crippen LogP contribution in [0.1, 0.15) is 24.0 Å². The summed E-state index contributed by atoms with van der Waals surface area (Å²) in [6, 6.07) is 6.30. The maximum atomic E-state index is 12.0. The number of ether oxygens (including phenoxy) is 1. The van der Waals surface area contributed by atoms with Crippen LogP contribution in [0.5, 0.6) is 5.75 Å². The average molecular weight is 319 g/mol. The van der Waals surface area contributed by atoms with Crippen molar-refractivity contribution in [2.24, 2.45) is 0 Å². The Hall–Kier alpha value is -1.43. The number of allylic oxidation sites excluding steroid dienone is 1. The number of unbranched alkanes of at least 4 members (excludes halogenated alkanes) is 1. The molecule has 1 aromatic rings. The third-order valence-electron chi connectivity index (χ3n) is 4.05. The Balaban J connectivity index is 1.68. The van der Waals surface area contributed by atoms with E-state index < -0.39 is 10.8 Å². The molecular weight excluding hydrogens is 298 g/mol. The molecule has 1 unspecified atom stereocenters. The van der Waals surface area contributed by atoms with Gasteiger partial charge in [0.15, 0.2) is 0 Å². The average Bonchev–Trinajstić information content (AvgIpc) is 2.73. The first-order valence-electron chi connectivity index (χ1n) is 7.59. The Morgan fingerprint density at radius 1 is 1.36 bits per heavy atom. The van der Waals surface area contributed by atoms with Crippen molar-refractivity contribution in [3.8, 4) is 5.75 Å².